The van der Waals surface area contributed by atoms with Crippen molar-refractivity contribution in [2.75, 3.05) is 6.54 Å². The van der Waals surface area contributed by atoms with E-state index < -0.39 is 15.8 Å². The van der Waals surface area contributed by atoms with Gasteiger partial charge in [0.1, 0.15) is 10.7 Å². The van der Waals surface area contributed by atoms with E-state index in [1.54, 1.807) is 13.0 Å². The molecule has 7 heteroatoms. The van der Waals surface area contributed by atoms with Crippen molar-refractivity contribution in [3.05, 3.63) is 29.6 Å². The summed E-state index contributed by atoms with van der Waals surface area (Å²) in [6, 6.07) is 3.75. The van der Waals surface area contributed by atoms with Gasteiger partial charge in [0.05, 0.1) is 0 Å². The van der Waals surface area contributed by atoms with Gasteiger partial charge in [-0.2, -0.15) is 0 Å². The summed E-state index contributed by atoms with van der Waals surface area (Å²) in [5.74, 6) is -0.479. The summed E-state index contributed by atoms with van der Waals surface area (Å²) < 4.78 is 41.0. The van der Waals surface area contributed by atoms with E-state index in [2.05, 4.69) is 4.72 Å². The number of aryl methyl sites for hydroxylation is 1. The van der Waals surface area contributed by atoms with Crippen LogP contribution in [0.3, 0.4) is 0 Å². The van der Waals surface area contributed by atoms with E-state index in [0.29, 0.717) is 5.56 Å². The summed E-state index contributed by atoms with van der Waals surface area (Å²) in [7, 11) is -3.87. The van der Waals surface area contributed by atoms with E-state index in [1.807, 2.05) is 0 Å². The van der Waals surface area contributed by atoms with Crippen LogP contribution in [0.5, 0.6) is 0 Å². The van der Waals surface area contributed by atoms with Crippen LogP contribution in [0.1, 0.15) is 31.2 Å². The molecule has 120 valence electrons. The normalized spacial score (nSPS) is 17.5. The first-order valence-electron chi connectivity index (χ1n) is 6.92. The van der Waals surface area contributed by atoms with Gasteiger partial charge in [-0.25, -0.2) is 17.5 Å². The Balaban J connectivity index is 0.00000220. The molecule has 1 aliphatic rings. The molecule has 0 saturated heterocycles. The molecule has 21 heavy (non-hydrogen) atoms. The third-order valence-corrected chi connectivity index (χ3v) is 5.41. The predicted octanol–water partition coefficient (Wildman–Crippen LogP) is 2.35. The van der Waals surface area contributed by atoms with Gasteiger partial charge in [0, 0.05) is 12.6 Å². The Bertz CT molecular complexity index is 574. The quantitative estimate of drug-likeness (QED) is 0.867. The molecule has 0 amide bonds. The van der Waals surface area contributed by atoms with Crippen molar-refractivity contribution in [1.29, 1.82) is 0 Å². The van der Waals surface area contributed by atoms with Gasteiger partial charge in [-0.15, -0.1) is 12.4 Å². The Labute approximate surface area is 131 Å². The second-order valence-electron chi connectivity index (χ2n) is 5.44. The first-order valence-corrected chi connectivity index (χ1v) is 8.41. The molecule has 1 aromatic carbocycles. The fraction of sp³-hybridized carbons (Fsp3) is 0.571. The first kappa shape index (κ1) is 18.4. The summed E-state index contributed by atoms with van der Waals surface area (Å²) in [6.45, 7) is 1.97. The summed E-state index contributed by atoms with van der Waals surface area (Å²) in [4.78, 5) is -0.297. The van der Waals surface area contributed by atoms with Crippen LogP contribution in [-0.2, 0) is 10.0 Å². The molecule has 3 N–H and O–H groups in total. The highest BCUT2D eigenvalue weighted by molar-refractivity contribution is 7.89. The average Bonchev–Trinajstić information content (AvgIpc) is 2.92. The lowest BCUT2D eigenvalue weighted by Gasteiger charge is -2.23. The minimum absolute atomic E-state index is 0. The molecular weight excluding hydrogens is 315 g/mol. The number of nitrogens with one attached hydrogen (secondary N) is 1. The van der Waals surface area contributed by atoms with E-state index in [9.17, 15) is 12.8 Å². The standard InChI is InChI=1S/C14H21FN2O2S.ClH/c1-10-6-7-12(15)14(8-10)20(18,19)17-13(9-16)11-4-2-3-5-11;/h6-8,11,13,17H,2-5,9,16H2,1H3;1H. The van der Waals surface area contributed by atoms with Crippen molar-refractivity contribution in [3.8, 4) is 0 Å². The molecule has 1 aromatic rings. The number of halogens is 2. The zero-order chi connectivity index (χ0) is 14.8. The van der Waals surface area contributed by atoms with Crippen molar-refractivity contribution in [2.24, 2.45) is 11.7 Å². The van der Waals surface area contributed by atoms with Crippen LogP contribution in [0.4, 0.5) is 4.39 Å². The molecule has 1 aliphatic carbocycles. The van der Waals surface area contributed by atoms with Crippen molar-refractivity contribution in [1.82, 2.24) is 4.72 Å². The molecule has 4 nitrogen and oxygen atoms in total. The molecular formula is C14H22ClFN2O2S. The molecule has 2 rings (SSSR count). The number of rotatable bonds is 5. The molecule has 1 fully saturated rings. The molecule has 0 spiro atoms. The molecule has 0 bridgehead atoms. The molecule has 0 aromatic heterocycles. The maximum atomic E-state index is 13.7. The molecule has 1 atom stereocenters. The Morgan fingerprint density at radius 1 is 1.38 bits per heavy atom. The van der Waals surface area contributed by atoms with Gasteiger partial charge < -0.3 is 5.73 Å². The van der Waals surface area contributed by atoms with E-state index in [1.165, 1.54) is 12.1 Å². The summed E-state index contributed by atoms with van der Waals surface area (Å²) in [5, 5.41) is 0. The van der Waals surface area contributed by atoms with Crippen LogP contribution < -0.4 is 10.5 Å². The SMILES string of the molecule is Cc1ccc(F)c(S(=O)(=O)NC(CN)C2CCCC2)c1.Cl. The first-order chi connectivity index (χ1) is 9.44. The van der Waals surface area contributed by atoms with E-state index in [0.717, 1.165) is 25.7 Å². The van der Waals surface area contributed by atoms with Crippen molar-refractivity contribution in [2.45, 2.75) is 43.5 Å². The number of sulfonamides is 1. The summed E-state index contributed by atoms with van der Waals surface area (Å²) in [5.41, 5.74) is 6.39. The Kier molecular flexibility index (Phi) is 6.59. The lowest BCUT2D eigenvalue weighted by atomic mass is 9.99. The lowest BCUT2D eigenvalue weighted by molar-refractivity contribution is 0.404. The Morgan fingerprint density at radius 2 is 2.00 bits per heavy atom. The van der Waals surface area contributed by atoms with Crippen molar-refractivity contribution >= 4 is 22.4 Å². The van der Waals surface area contributed by atoms with Crippen LogP contribution in [0.15, 0.2) is 23.1 Å². The number of benzene rings is 1. The Morgan fingerprint density at radius 3 is 2.57 bits per heavy atom. The lowest BCUT2D eigenvalue weighted by Crippen LogP contribution is -2.44. The highest BCUT2D eigenvalue weighted by Gasteiger charge is 2.29. The van der Waals surface area contributed by atoms with E-state index in [4.69, 9.17) is 5.73 Å². The summed E-state index contributed by atoms with van der Waals surface area (Å²) >= 11 is 0. The fourth-order valence-corrected chi connectivity index (χ4v) is 4.26. The van der Waals surface area contributed by atoms with Gasteiger partial charge >= 0.3 is 0 Å². The Hall–Kier alpha value is -0.690. The van der Waals surface area contributed by atoms with Gasteiger partial charge in [-0.3, -0.25) is 0 Å². The van der Waals surface area contributed by atoms with Crippen molar-refractivity contribution < 1.29 is 12.8 Å². The molecule has 0 radical (unpaired) electrons. The van der Waals surface area contributed by atoms with Crippen LogP contribution in [0.2, 0.25) is 0 Å². The maximum Gasteiger partial charge on any atom is 0.243 e. The van der Waals surface area contributed by atoms with Gasteiger partial charge in [-0.1, -0.05) is 18.9 Å². The zero-order valence-electron chi connectivity index (χ0n) is 12.0. The van der Waals surface area contributed by atoms with Gasteiger partial charge in [0.2, 0.25) is 10.0 Å². The van der Waals surface area contributed by atoms with Gasteiger partial charge in [-0.05, 0) is 43.4 Å². The van der Waals surface area contributed by atoms with Gasteiger partial charge in [0.25, 0.3) is 0 Å². The van der Waals surface area contributed by atoms with Gasteiger partial charge in [0.15, 0.2) is 0 Å². The molecule has 1 saturated carbocycles. The number of nitrogens with two attached hydrogens (primary N) is 1. The monoisotopic (exact) mass is 336 g/mol. The minimum atomic E-state index is -3.87. The largest absolute Gasteiger partial charge is 0.329 e. The molecule has 0 aliphatic heterocycles. The number of hydrogen-bond acceptors (Lipinski definition) is 3. The second-order valence-corrected chi connectivity index (χ2v) is 7.12. The van der Waals surface area contributed by atoms with Crippen molar-refractivity contribution in [3.63, 3.8) is 0 Å². The third-order valence-electron chi connectivity index (χ3n) is 3.91. The topological polar surface area (TPSA) is 72.2 Å². The van der Waals surface area contributed by atoms with E-state index in [-0.39, 0.29) is 35.8 Å². The highest BCUT2D eigenvalue weighted by atomic mass is 35.5. The molecule has 1 unspecified atom stereocenters. The number of hydrogen-bond donors (Lipinski definition) is 2. The average molecular weight is 337 g/mol. The summed E-state index contributed by atoms with van der Waals surface area (Å²) in [6.07, 6.45) is 4.14. The smallest absolute Gasteiger partial charge is 0.243 e. The second kappa shape index (κ2) is 7.54. The van der Waals surface area contributed by atoms with Crippen LogP contribution in [0.25, 0.3) is 0 Å². The highest BCUT2D eigenvalue weighted by Crippen LogP contribution is 2.28. The van der Waals surface area contributed by atoms with Crippen LogP contribution in [0, 0.1) is 18.7 Å². The van der Waals surface area contributed by atoms with Crippen LogP contribution >= 0.6 is 12.4 Å². The third kappa shape index (κ3) is 4.39. The van der Waals surface area contributed by atoms with E-state index >= 15 is 0 Å². The van der Waals surface area contributed by atoms with Crippen LogP contribution in [-0.4, -0.2) is 21.0 Å². The molecule has 0 heterocycles. The zero-order valence-corrected chi connectivity index (χ0v) is 13.6. The predicted molar refractivity (Wildman–Crippen MR) is 83.5 cm³/mol. The minimum Gasteiger partial charge on any atom is -0.329 e. The maximum absolute atomic E-state index is 13.7. The fourth-order valence-electron chi connectivity index (χ4n) is 2.78.